The summed E-state index contributed by atoms with van der Waals surface area (Å²) < 4.78 is 6.79. The van der Waals surface area contributed by atoms with E-state index in [1.807, 2.05) is 4.90 Å². The van der Waals surface area contributed by atoms with E-state index in [0.29, 0.717) is 29.3 Å². The molecule has 0 aliphatic carbocycles. The monoisotopic (exact) mass is 369 g/mol. The summed E-state index contributed by atoms with van der Waals surface area (Å²) >= 11 is 2.97. The van der Waals surface area contributed by atoms with Crippen molar-refractivity contribution in [2.75, 3.05) is 32.6 Å². The maximum atomic E-state index is 12.8. The average Bonchev–Trinajstić information content (AvgIpc) is 3.21. The van der Waals surface area contributed by atoms with E-state index >= 15 is 0 Å². The number of methoxy groups -OCH3 is 1. The average molecular weight is 370 g/mol. The van der Waals surface area contributed by atoms with Gasteiger partial charge in [-0.2, -0.15) is 0 Å². The number of fused-ring (bicyclic) bond motifs is 1. The Morgan fingerprint density at radius 3 is 2.88 bits per heavy atom. The minimum absolute atomic E-state index is 0.00233. The number of carbonyl (C=O) groups is 1. The summed E-state index contributed by atoms with van der Waals surface area (Å²) in [6.07, 6.45) is 2.98. The molecule has 0 saturated carbocycles. The molecule has 2 aliphatic heterocycles. The van der Waals surface area contributed by atoms with E-state index in [9.17, 15) is 9.59 Å². The van der Waals surface area contributed by atoms with E-state index in [0.717, 1.165) is 42.9 Å². The zero-order chi connectivity index (χ0) is 17.1. The van der Waals surface area contributed by atoms with Crippen LogP contribution in [0.15, 0.2) is 14.8 Å². The number of aromatic nitrogens is 2. The van der Waals surface area contributed by atoms with Crippen LogP contribution in [0.5, 0.6) is 0 Å². The fourth-order valence-electron chi connectivity index (χ4n) is 3.01. The Morgan fingerprint density at radius 2 is 2.17 bits per heavy atom. The Balaban J connectivity index is 1.80. The lowest BCUT2D eigenvalue weighted by molar-refractivity contribution is -0.127. The Hall–Kier alpha value is -0.990. The second-order valence-corrected chi connectivity index (χ2v) is 8.52. The Morgan fingerprint density at radius 1 is 1.42 bits per heavy atom. The van der Waals surface area contributed by atoms with Gasteiger partial charge in [-0.25, -0.2) is 4.98 Å². The van der Waals surface area contributed by atoms with Crippen LogP contribution in [0.25, 0.3) is 0 Å². The number of ether oxygens (including phenoxy) is 1. The fraction of sp³-hybridized carbons (Fsp3) is 0.688. The van der Waals surface area contributed by atoms with E-state index < -0.39 is 0 Å². The molecule has 6 nitrogen and oxygen atoms in total. The third-order valence-electron chi connectivity index (χ3n) is 4.27. The molecule has 0 N–H and O–H groups in total. The highest BCUT2D eigenvalue weighted by molar-refractivity contribution is 8.00. The molecule has 1 fully saturated rings. The van der Waals surface area contributed by atoms with Crippen molar-refractivity contribution in [3.05, 3.63) is 16.0 Å². The van der Waals surface area contributed by atoms with Crippen LogP contribution >= 0.6 is 23.5 Å². The van der Waals surface area contributed by atoms with Crippen molar-refractivity contribution in [3.8, 4) is 0 Å². The summed E-state index contributed by atoms with van der Waals surface area (Å²) in [6, 6.07) is 0. The first-order valence-electron chi connectivity index (χ1n) is 8.30. The molecule has 0 spiro atoms. The summed E-state index contributed by atoms with van der Waals surface area (Å²) in [7, 11) is 1.62. The van der Waals surface area contributed by atoms with Crippen LogP contribution in [0.2, 0.25) is 0 Å². The molecule has 3 heterocycles. The highest BCUT2D eigenvalue weighted by Crippen LogP contribution is 2.34. The van der Waals surface area contributed by atoms with Crippen LogP contribution in [0.3, 0.4) is 0 Å². The van der Waals surface area contributed by atoms with Gasteiger partial charge in [-0.05, 0) is 12.8 Å². The smallest absolute Gasteiger partial charge is 0.268 e. The van der Waals surface area contributed by atoms with Crippen LogP contribution in [-0.2, 0) is 22.5 Å². The summed E-state index contributed by atoms with van der Waals surface area (Å²) in [6.45, 7) is 4.72. The quantitative estimate of drug-likeness (QED) is 0.561. The molecule has 1 atom stereocenters. The highest BCUT2D eigenvalue weighted by atomic mass is 32.2. The number of hydrogen-bond acceptors (Lipinski definition) is 6. The van der Waals surface area contributed by atoms with Gasteiger partial charge >= 0.3 is 0 Å². The van der Waals surface area contributed by atoms with Gasteiger partial charge in [0.25, 0.3) is 5.56 Å². The van der Waals surface area contributed by atoms with Gasteiger partial charge in [0, 0.05) is 31.9 Å². The largest absolute Gasteiger partial charge is 0.383 e. The van der Waals surface area contributed by atoms with Crippen molar-refractivity contribution in [3.63, 3.8) is 0 Å². The molecular weight excluding hydrogens is 346 g/mol. The Bertz CT molecular complexity index is 671. The molecule has 1 aromatic heterocycles. The van der Waals surface area contributed by atoms with E-state index in [1.165, 1.54) is 11.8 Å². The maximum Gasteiger partial charge on any atom is 0.268 e. The first kappa shape index (κ1) is 17.8. The molecule has 1 aromatic rings. The third-order valence-corrected chi connectivity index (χ3v) is 6.44. The standard InChI is InChI=1S/C16H23N3O3S2/c1-11-9-12-14(24-11)15(21)19(7-8-22-2)16(17-12)23-10-13(20)18-5-3-4-6-18/h11H,3-10H2,1-2H3/t11-/m1/s1. The Labute approximate surface area is 150 Å². The number of nitrogens with zero attached hydrogens (tertiary/aromatic N) is 3. The second-order valence-electron chi connectivity index (χ2n) is 6.13. The number of hydrogen-bond donors (Lipinski definition) is 0. The molecule has 0 unspecified atom stereocenters. The Kier molecular flexibility index (Phi) is 5.89. The maximum absolute atomic E-state index is 12.8. The SMILES string of the molecule is COCCn1c(SCC(=O)N2CCCC2)nc2c(c1=O)S[C@H](C)C2. The number of carbonyl (C=O) groups excluding carboxylic acids is 1. The summed E-state index contributed by atoms with van der Waals surface area (Å²) in [5, 5.41) is 1.01. The number of amides is 1. The summed E-state index contributed by atoms with van der Waals surface area (Å²) in [4.78, 5) is 32.4. The zero-order valence-electron chi connectivity index (χ0n) is 14.1. The normalized spacial score (nSPS) is 19.8. The molecule has 0 bridgehead atoms. The van der Waals surface area contributed by atoms with Crippen molar-refractivity contribution in [2.45, 2.75) is 48.0 Å². The van der Waals surface area contributed by atoms with Crippen LogP contribution in [0.4, 0.5) is 0 Å². The van der Waals surface area contributed by atoms with E-state index in [4.69, 9.17) is 9.72 Å². The van der Waals surface area contributed by atoms with E-state index in [-0.39, 0.29) is 11.5 Å². The first-order valence-corrected chi connectivity index (χ1v) is 10.2. The van der Waals surface area contributed by atoms with Crippen LogP contribution < -0.4 is 5.56 Å². The molecule has 0 radical (unpaired) electrons. The van der Waals surface area contributed by atoms with Gasteiger partial charge in [-0.1, -0.05) is 18.7 Å². The van der Waals surface area contributed by atoms with Gasteiger partial charge in [-0.3, -0.25) is 14.2 Å². The van der Waals surface area contributed by atoms with Crippen molar-refractivity contribution < 1.29 is 9.53 Å². The lowest BCUT2D eigenvalue weighted by atomic mass is 10.2. The van der Waals surface area contributed by atoms with Crippen LogP contribution in [-0.4, -0.2) is 58.2 Å². The topological polar surface area (TPSA) is 64.4 Å². The first-order chi connectivity index (χ1) is 11.6. The fourth-order valence-corrected chi connectivity index (χ4v) is 5.06. The minimum atomic E-state index is 0.00233. The van der Waals surface area contributed by atoms with Gasteiger partial charge < -0.3 is 9.64 Å². The molecule has 1 saturated heterocycles. The predicted octanol–water partition coefficient (Wildman–Crippen LogP) is 1.64. The number of rotatable bonds is 6. The van der Waals surface area contributed by atoms with Gasteiger partial charge in [0.1, 0.15) is 0 Å². The van der Waals surface area contributed by atoms with Crippen molar-refractivity contribution in [1.82, 2.24) is 14.5 Å². The second kappa shape index (κ2) is 7.93. The summed E-state index contributed by atoms with van der Waals surface area (Å²) in [5.41, 5.74) is 0.879. The molecule has 1 amide bonds. The molecule has 132 valence electrons. The van der Waals surface area contributed by atoms with Crippen molar-refractivity contribution >= 4 is 29.4 Å². The number of likely N-dealkylation sites (tertiary alicyclic amines) is 1. The molecule has 0 aromatic carbocycles. The van der Waals surface area contributed by atoms with E-state index in [2.05, 4.69) is 6.92 Å². The summed E-state index contributed by atoms with van der Waals surface area (Å²) in [5.74, 6) is 0.467. The van der Waals surface area contributed by atoms with Crippen molar-refractivity contribution in [2.24, 2.45) is 0 Å². The predicted molar refractivity (Wildman–Crippen MR) is 95.9 cm³/mol. The zero-order valence-corrected chi connectivity index (χ0v) is 15.8. The molecule has 8 heteroatoms. The number of thioether (sulfide) groups is 2. The van der Waals surface area contributed by atoms with Gasteiger partial charge in [-0.15, -0.1) is 11.8 Å². The van der Waals surface area contributed by atoms with Crippen LogP contribution in [0.1, 0.15) is 25.5 Å². The minimum Gasteiger partial charge on any atom is -0.383 e. The lowest BCUT2D eigenvalue weighted by Crippen LogP contribution is -2.30. The molecular formula is C16H23N3O3S2. The highest BCUT2D eigenvalue weighted by Gasteiger charge is 2.27. The third kappa shape index (κ3) is 3.81. The van der Waals surface area contributed by atoms with E-state index in [1.54, 1.807) is 23.4 Å². The molecule has 24 heavy (non-hydrogen) atoms. The lowest BCUT2D eigenvalue weighted by Gasteiger charge is -2.16. The van der Waals surface area contributed by atoms with Crippen LogP contribution in [0, 0.1) is 0 Å². The van der Waals surface area contributed by atoms with Gasteiger partial charge in [0.2, 0.25) is 5.91 Å². The van der Waals surface area contributed by atoms with Crippen molar-refractivity contribution in [1.29, 1.82) is 0 Å². The van der Waals surface area contributed by atoms with Gasteiger partial charge in [0.15, 0.2) is 5.16 Å². The molecule has 3 rings (SSSR count). The van der Waals surface area contributed by atoms with Gasteiger partial charge in [0.05, 0.1) is 29.5 Å². The molecule has 2 aliphatic rings.